The van der Waals surface area contributed by atoms with E-state index in [4.69, 9.17) is 21.3 Å². The largest absolute Gasteiger partial charge is 0.494 e. The molecule has 2 aromatic carbocycles. The molecule has 8 heteroatoms. The van der Waals surface area contributed by atoms with E-state index in [0.29, 0.717) is 41.2 Å². The average molecular weight is 497 g/mol. The predicted molar refractivity (Wildman–Crippen MR) is 140 cm³/mol. The van der Waals surface area contributed by atoms with Crippen LogP contribution in [-0.2, 0) is 6.54 Å². The maximum absolute atomic E-state index is 13.7. The number of nitrogens with zero attached hydrogens (tertiary/aromatic N) is 4. The summed E-state index contributed by atoms with van der Waals surface area (Å²) in [6.45, 7) is 9.73. The maximum Gasteiger partial charge on any atom is 0.260 e. The standard InChI is InChI=1S/C26H29ClN4O2S/c1-5-6-12-33-22-9-7-8-20(15-22)25(32)30(10-11-31-19(4)14-18(3)29-31)26-28-24-17(2)13-21(27)16-23(24)34-26/h7-9,13-16H,5-6,10-12H2,1-4H3. The van der Waals surface area contributed by atoms with Gasteiger partial charge < -0.3 is 4.74 Å². The van der Waals surface area contributed by atoms with E-state index in [9.17, 15) is 4.79 Å². The number of anilines is 1. The van der Waals surface area contributed by atoms with Gasteiger partial charge in [0.05, 0.1) is 29.1 Å². The minimum atomic E-state index is -0.120. The van der Waals surface area contributed by atoms with Gasteiger partial charge in [0.25, 0.3) is 5.91 Å². The molecule has 0 bridgehead atoms. The van der Waals surface area contributed by atoms with E-state index in [0.717, 1.165) is 40.0 Å². The Labute approximate surface area is 209 Å². The number of carbonyl (C=O) groups excluding carboxylic acids is 1. The van der Waals surface area contributed by atoms with E-state index in [1.807, 2.05) is 67.9 Å². The Bertz CT molecular complexity index is 1310. The summed E-state index contributed by atoms with van der Waals surface area (Å²) < 4.78 is 8.72. The lowest BCUT2D eigenvalue weighted by atomic mass is 10.2. The van der Waals surface area contributed by atoms with Crippen molar-refractivity contribution in [3.63, 3.8) is 0 Å². The fourth-order valence-electron chi connectivity index (χ4n) is 3.85. The zero-order valence-electron chi connectivity index (χ0n) is 20.0. The lowest BCUT2D eigenvalue weighted by molar-refractivity contribution is 0.0985. The fourth-order valence-corrected chi connectivity index (χ4v) is 5.29. The van der Waals surface area contributed by atoms with Crippen LogP contribution in [0.15, 0.2) is 42.5 Å². The van der Waals surface area contributed by atoms with Gasteiger partial charge in [0, 0.05) is 22.8 Å². The third-order valence-electron chi connectivity index (χ3n) is 5.60. The summed E-state index contributed by atoms with van der Waals surface area (Å²) in [4.78, 5) is 20.3. The molecule has 0 radical (unpaired) electrons. The van der Waals surface area contributed by atoms with Crippen molar-refractivity contribution in [1.82, 2.24) is 14.8 Å². The van der Waals surface area contributed by atoms with Gasteiger partial charge in [0.15, 0.2) is 5.13 Å². The number of amides is 1. The fraction of sp³-hybridized carbons (Fsp3) is 0.346. The van der Waals surface area contributed by atoms with E-state index in [1.54, 1.807) is 4.90 Å². The van der Waals surface area contributed by atoms with Gasteiger partial charge in [0.2, 0.25) is 0 Å². The molecule has 0 saturated carbocycles. The summed E-state index contributed by atoms with van der Waals surface area (Å²) >= 11 is 7.75. The molecule has 4 rings (SSSR count). The highest BCUT2D eigenvalue weighted by atomic mass is 35.5. The number of benzene rings is 2. The van der Waals surface area contributed by atoms with Gasteiger partial charge in [-0.15, -0.1) is 0 Å². The Morgan fingerprint density at radius 3 is 2.74 bits per heavy atom. The summed E-state index contributed by atoms with van der Waals surface area (Å²) in [7, 11) is 0. The monoisotopic (exact) mass is 496 g/mol. The molecule has 0 aliphatic heterocycles. The van der Waals surface area contributed by atoms with Crippen molar-refractivity contribution in [3.05, 3.63) is 70.0 Å². The molecule has 6 nitrogen and oxygen atoms in total. The molecule has 1 amide bonds. The molecule has 0 fully saturated rings. The number of rotatable bonds is 9. The molecule has 178 valence electrons. The SMILES string of the molecule is CCCCOc1cccc(C(=O)N(CCn2nc(C)cc2C)c2nc3c(C)cc(Cl)cc3s2)c1. The van der Waals surface area contributed by atoms with Crippen LogP contribution >= 0.6 is 22.9 Å². The molecular weight excluding hydrogens is 468 g/mol. The van der Waals surface area contributed by atoms with Crippen LogP contribution in [0.4, 0.5) is 5.13 Å². The van der Waals surface area contributed by atoms with E-state index >= 15 is 0 Å². The van der Waals surface area contributed by atoms with Crippen molar-refractivity contribution in [2.24, 2.45) is 0 Å². The van der Waals surface area contributed by atoms with Gasteiger partial charge in [-0.25, -0.2) is 4.98 Å². The van der Waals surface area contributed by atoms with Crippen LogP contribution in [0.3, 0.4) is 0 Å². The first-order valence-corrected chi connectivity index (χ1v) is 12.7. The summed E-state index contributed by atoms with van der Waals surface area (Å²) in [6, 6.07) is 13.2. The summed E-state index contributed by atoms with van der Waals surface area (Å²) in [5.41, 5.74) is 4.43. The molecule has 0 aliphatic rings. The highest BCUT2D eigenvalue weighted by Gasteiger charge is 2.23. The van der Waals surface area contributed by atoms with Gasteiger partial charge in [-0.1, -0.05) is 42.3 Å². The molecule has 0 saturated heterocycles. The smallest absolute Gasteiger partial charge is 0.260 e. The predicted octanol–water partition coefficient (Wildman–Crippen LogP) is 6.60. The van der Waals surface area contributed by atoms with Crippen LogP contribution in [0.5, 0.6) is 5.75 Å². The van der Waals surface area contributed by atoms with Gasteiger partial charge >= 0.3 is 0 Å². The third kappa shape index (κ3) is 5.42. The molecule has 2 heterocycles. The third-order valence-corrected chi connectivity index (χ3v) is 6.84. The first-order valence-electron chi connectivity index (χ1n) is 11.5. The van der Waals surface area contributed by atoms with Crippen LogP contribution in [0, 0.1) is 20.8 Å². The molecular formula is C26H29ClN4O2S. The number of hydrogen-bond acceptors (Lipinski definition) is 5. The Kier molecular flexibility index (Phi) is 7.54. The van der Waals surface area contributed by atoms with Crippen molar-refractivity contribution in [2.45, 2.75) is 47.1 Å². The van der Waals surface area contributed by atoms with Crippen LogP contribution in [0.2, 0.25) is 5.02 Å². The summed E-state index contributed by atoms with van der Waals surface area (Å²) in [5, 5.41) is 5.86. The van der Waals surface area contributed by atoms with Crippen molar-refractivity contribution in [1.29, 1.82) is 0 Å². The van der Waals surface area contributed by atoms with E-state index in [-0.39, 0.29) is 5.91 Å². The second kappa shape index (κ2) is 10.6. The average Bonchev–Trinajstić information content (AvgIpc) is 3.36. The molecule has 0 N–H and O–H groups in total. The van der Waals surface area contributed by atoms with Crippen molar-refractivity contribution in [3.8, 4) is 5.75 Å². The Hall–Kier alpha value is -2.90. The van der Waals surface area contributed by atoms with Crippen LogP contribution in [0.1, 0.15) is 47.1 Å². The minimum absolute atomic E-state index is 0.120. The van der Waals surface area contributed by atoms with Gasteiger partial charge in [-0.05, 0) is 69.2 Å². The zero-order valence-corrected chi connectivity index (χ0v) is 21.5. The van der Waals surface area contributed by atoms with Crippen molar-refractivity contribution >= 4 is 44.2 Å². The van der Waals surface area contributed by atoms with E-state index in [1.165, 1.54) is 11.3 Å². The summed E-state index contributed by atoms with van der Waals surface area (Å²) in [5.74, 6) is 0.579. The van der Waals surface area contributed by atoms with Crippen LogP contribution in [-0.4, -0.2) is 33.8 Å². The number of thiazole rings is 1. The molecule has 0 aliphatic carbocycles. The molecule has 34 heavy (non-hydrogen) atoms. The molecule has 0 spiro atoms. The summed E-state index contributed by atoms with van der Waals surface area (Å²) in [6.07, 6.45) is 2.03. The number of aryl methyl sites for hydroxylation is 3. The second-order valence-electron chi connectivity index (χ2n) is 8.40. The van der Waals surface area contributed by atoms with E-state index in [2.05, 4.69) is 12.0 Å². The Morgan fingerprint density at radius 1 is 1.18 bits per heavy atom. The van der Waals surface area contributed by atoms with Crippen LogP contribution in [0.25, 0.3) is 10.2 Å². The van der Waals surface area contributed by atoms with Gasteiger partial charge in [0.1, 0.15) is 5.75 Å². The van der Waals surface area contributed by atoms with Gasteiger partial charge in [-0.2, -0.15) is 5.10 Å². The van der Waals surface area contributed by atoms with Crippen molar-refractivity contribution < 1.29 is 9.53 Å². The highest BCUT2D eigenvalue weighted by molar-refractivity contribution is 7.22. The molecule has 0 atom stereocenters. The number of halogens is 1. The zero-order chi connectivity index (χ0) is 24.2. The molecule has 2 aromatic heterocycles. The number of unbranched alkanes of at least 4 members (excludes halogenated alkanes) is 1. The number of ether oxygens (including phenoxy) is 1. The first kappa shape index (κ1) is 24.2. The van der Waals surface area contributed by atoms with Gasteiger partial charge in [-0.3, -0.25) is 14.4 Å². The normalized spacial score (nSPS) is 11.2. The lowest BCUT2D eigenvalue weighted by Crippen LogP contribution is -2.34. The minimum Gasteiger partial charge on any atom is -0.494 e. The van der Waals surface area contributed by atoms with Crippen molar-refractivity contribution in [2.75, 3.05) is 18.1 Å². The quantitative estimate of drug-likeness (QED) is 0.245. The highest BCUT2D eigenvalue weighted by Crippen LogP contribution is 2.34. The van der Waals surface area contributed by atoms with E-state index < -0.39 is 0 Å². The van der Waals surface area contributed by atoms with Crippen LogP contribution < -0.4 is 9.64 Å². The Balaban J connectivity index is 1.67. The first-order chi connectivity index (χ1) is 16.4. The number of aromatic nitrogens is 3. The number of hydrogen-bond donors (Lipinski definition) is 0. The molecule has 0 unspecified atom stereocenters. The molecule has 4 aromatic rings. The number of fused-ring (bicyclic) bond motifs is 1. The number of carbonyl (C=O) groups is 1. The second-order valence-corrected chi connectivity index (χ2v) is 9.85. The Morgan fingerprint density at radius 2 is 2.00 bits per heavy atom. The maximum atomic E-state index is 13.7. The lowest BCUT2D eigenvalue weighted by Gasteiger charge is -2.21. The topological polar surface area (TPSA) is 60.2 Å².